The lowest BCUT2D eigenvalue weighted by Crippen LogP contribution is -2.28. The van der Waals surface area contributed by atoms with Crippen LogP contribution in [0, 0.1) is 0 Å². The molecule has 0 saturated heterocycles. The molecule has 16 heavy (non-hydrogen) atoms. The number of hydrogen-bond donors (Lipinski definition) is 1. The van der Waals surface area contributed by atoms with E-state index in [1.807, 2.05) is 19.1 Å². The molecule has 2 heteroatoms. The molecule has 0 amide bonds. The molecule has 0 aromatic carbocycles. The molecule has 0 bridgehead atoms. The van der Waals surface area contributed by atoms with Crippen LogP contribution in [0.1, 0.15) is 33.6 Å². The average molecular weight is 223 g/mol. The highest BCUT2D eigenvalue weighted by molar-refractivity contribution is 5.23. The van der Waals surface area contributed by atoms with Gasteiger partial charge in [-0.3, -0.25) is 0 Å². The summed E-state index contributed by atoms with van der Waals surface area (Å²) in [4.78, 5) is 0. The van der Waals surface area contributed by atoms with Gasteiger partial charge in [0.05, 0.1) is 12.7 Å². The van der Waals surface area contributed by atoms with Crippen molar-refractivity contribution in [3.63, 3.8) is 0 Å². The van der Waals surface area contributed by atoms with Crippen molar-refractivity contribution in [1.29, 1.82) is 0 Å². The van der Waals surface area contributed by atoms with Crippen LogP contribution in [0.5, 0.6) is 0 Å². The molecule has 0 spiro atoms. The van der Waals surface area contributed by atoms with Gasteiger partial charge in [-0.05, 0) is 32.3 Å². The third kappa shape index (κ3) is 7.43. The van der Waals surface area contributed by atoms with Crippen LogP contribution in [0.4, 0.5) is 0 Å². The van der Waals surface area contributed by atoms with Crippen LogP contribution < -0.4 is 5.73 Å². The van der Waals surface area contributed by atoms with Gasteiger partial charge < -0.3 is 10.5 Å². The van der Waals surface area contributed by atoms with Crippen LogP contribution in [0.25, 0.3) is 0 Å². The summed E-state index contributed by atoms with van der Waals surface area (Å²) in [6.45, 7) is 10.5. The smallest absolute Gasteiger partial charge is 0.0624 e. The van der Waals surface area contributed by atoms with E-state index < -0.39 is 0 Å². The molecular weight excluding hydrogens is 198 g/mol. The molecule has 2 N–H and O–H groups in total. The molecule has 92 valence electrons. The van der Waals surface area contributed by atoms with Gasteiger partial charge >= 0.3 is 0 Å². The zero-order chi connectivity index (χ0) is 12.4. The maximum Gasteiger partial charge on any atom is 0.0624 e. The maximum absolute atomic E-state index is 6.00. The van der Waals surface area contributed by atoms with E-state index in [4.69, 9.17) is 10.5 Å². The van der Waals surface area contributed by atoms with E-state index in [9.17, 15) is 0 Å². The minimum absolute atomic E-state index is 0.0522. The number of rotatable bonds is 8. The minimum Gasteiger partial charge on any atom is -0.377 e. The zero-order valence-corrected chi connectivity index (χ0v) is 10.8. The topological polar surface area (TPSA) is 35.2 Å². The fraction of sp³-hybridized carbons (Fsp3) is 0.571. The summed E-state index contributed by atoms with van der Waals surface area (Å²) >= 11 is 0. The lowest BCUT2D eigenvalue weighted by molar-refractivity contribution is 0.0542. The molecule has 0 fully saturated rings. The lowest BCUT2D eigenvalue weighted by Gasteiger charge is -2.16. The standard InChI is InChI=1S/C14H25NO/c1-5-8-13(9-6-2)10-14(15)11-16-12(4)7-3/h5-6,8-9,12,14H,1,7,10-11,15H2,2-4H3/b9-6-,13-8+. The molecule has 2 atom stereocenters. The Kier molecular flexibility index (Phi) is 8.87. The Morgan fingerprint density at radius 3 is 2.69 bits per heavy atom. The fourth-order valence-corrected chi connectivity index (χ4v) is 1.32. The first-order valence-electron chi connectivity index (χ1n) is 5.95. The molecule has 0 aliphatic carbocycles. The first-order valence-corrected chi connectivity index (χ1v) is 5.95. The lowest BCUT2D eigenvalue weighted by atomic mass is 10.1. The van der Waals surface area contributed by atoms with Gasteiger partial charge in [0.15, 0.2) is 0 Å². The molecule has 2 unspecified atom stereocenters. The Labute approximate surface area is 99.9 Å². The molecule has 0 aromatic heterocycles. The summed E-state index contributed by atoms with van der Waals surface area (Å²) in [5, 5.41) is 0. The van der Waals surface area contributed by atoms with Crippen LogP contribution in [0.15, 0.2) is 36.5 Å². The van der Waals surface area contributed by atoms with Gasteiger partial charge in [0, 0.05) is 6.04 Å². The van der Waals surface area contributed by atoms with E-state index in [2.05, 4.69) is 26.5 Å². The molecular formula is C14H25NO. The summed E-state index contributed by atoms with van der Waals surface area (Å²) in [5.41, 5.74) is 7.20. The molecule has 0 saturated carbocycles. The third-order valence-corrected chi connectivity index (χ3v) is 2.38. The first-order chi connectivity index (χ1) is 7.63. The summed E-state index contributed by atoms with van der Waals surface area (Å²) in [6.07, 6.45) is 9.99. The summed E-state index contributed by atoms with van der Waals surface area (Å²) in [5.74, 6) is 0. The van der Waals surface area contributed by atoms with Gasteiger partial charge in [-0.15, -0.1) is 0 Å². The van der Waals surface area contributed by atoms with Crippen molar-refractivity contribution in [2.75, 3.05) is 6.61 Å². The van der Waals surface area contributed by atoms with Gasteiger partial charge in [0.1, 0.15) is 0 Å². The normalized spacial score (nSPS) is 16.4. The second-order valence-electron chi connectivity index (χ2n) is 3.99. The zero-order valence-electron chi connectivity index (χ0n) is 10.8. The Morgan fingerprint density at radius 1 is 1.50 bits per heavy atom. The van der Waals surface area contributed by atoms with Crippen molar-refractivity contribution in [2.45, 2.75) is 45.8 Å². The van der Waals surface area contributed by atoms with E-state index in [1.54, 1.807) is 6.08 Å². The second kappa shape index (κ2) is 9.37. The predicted molar refractivity (Wildman–Crippen MR) is 71.4 cm³/mol. The molecule has 0 aromatic rings. The molecule has 0 aliphatic heterocycles. The largest absolute Gasteiger partial charge is 0.377 e. The van der Waals surface area contributed by atoms with Crippen LogP contribution >= 0.6 is 0 Å². The van der Waals surface area contributed by atoms with E-state index in [0.717, 1.165) is 12.8 Å². The van der Waals surface area contributed by atoms with Crippen molar-refractivity contribution >= 4 is 0 Å². The minimum atomic E-state index is 0.0522. The monoisotopic (exact) mass is 223 g/mol. The number of nitrogens with two attached hydrogens (primary N) is 1. The van der Waals surface area contributed by atoms with E-state index in [-0.39, 0.29) is 6.04 Å². The maximum atomic E-state index is 6.00. The molecule has 0 heterocycles. The van der Waals surface area contributed by atoms with Crippen molar-refractivity contribution < 1.29 is 4.74 Å². The van der Waals surface area contributed by atoms with Crippen molar-refractivity contribution in [2.24, 2.45) is 5.73 Å². The van der Waals surface area contributed by atoms with E-state index in [1.165, 1.54) is 5.57 Å². The Bertz CT molecular complexity index is 243. The van der Waals surface area contributed by atoms with Gasteiger partial charge in [-0.25, -0.2) is 0 Å². The van der Waals surface area contributed by atoms with Gasteiger partial charge in [-0.1, -0.05) is 37.8 Å². The van der Waals surface area contributed by atoms with E-state index in [0.29, 0.717) is 12.7 Å². The van der Waals surface area contributed by atoms with Gasteiger partial charge in [0.2, 0.25) is 0 Å². The number of hydrogen-bond acceptors (Lipinski definition) is 2. The Hall–Kier alpha value is -0.860. The number of ether oxygens (including phenoxy) is 1. The van der Waals surface area contributed by atoms with Crippen molar-refractivity contribution in [3.05, 3.63) is 36.5 Å². The van der Waals surface area contributed by atoms with Crippen LogP contribution in [-0.4, -0.2) is 18.8 Å². The molecule has 0 radical (unpaired) electrons. The van der Waals surface area contributed by atoms with Crippen LogP contribution in [0.3, 0.4) is 0 Å². The average Bonchev–Trinajstić information content (AvgIpc) is 2.26. The number of allylic oxidation sites excluding steroid dienone is 4. The third-order valence-electron chi connectivity index (χ3n) is 2.38. The molecule has 2 nitrogen and oxygen atoms in total. The Balaban J connectivity index is 4.05. The fourth-order valence-electron chi connectivity index (χ4n) is 1.32. The predicted octanol–water partition coefficient (Wildman–Crippen LogP) is 3.21. The first kappa shape index (κ1) is 15.1. The van der Waals surface area contributed by atoms with E-state index >= 15 is 0 Å². The summed E-state index contributed by atoms with van der Waals surface area (Å²) in [7, 11) is 0. The van der Waals surface area contributed by atoms with Crippen molar-refractivity contribution in [3.8, 4) is 0 Å². The van der Waals surface area contributed by atoms with Crippen LogP contribution in [0.2, 0.25) is 0 Å². The van der Waals surface area contributed by atoms with Crippen molar-refractivity contribution in [1.82, 2.24) is 0 Å². The summed E-state index contributed by atoms with van der Waals surface area (Å²) in [6, 6.07) is 0.0522. The highest BCUT2D eigenvalue weighted by Crippen LogP contribution is 2.08. The SMILES string of the molecule is C=C/C=C(\C=C/C)CC(N)COC(C)CC. The Morgan fingerprint density at radius 2 is 2.19 bits per heavy atom. The quantitative estimate of drug-likeness (QED) is 0.641. The van der Waals surface area contributed by atoms with Gasteiger partial charge in [0.25, 0.3) is 0 Å². The second-order valence-corrected chi connectivity index (χ2v) is 3.99. The van der Waals surface area contributed by atoms with Crippen LogP contribution in [-0.2, 0) is 4.74 Å². The molecule has 0 rings (SSSR count). The highest BCUT2D eigenvalue weighted by Gasteiger charge is 2.06. The summed E-state index contributed by atoms with van der Waals surface area (Å²) < 4.78 is 5.61. The highest BCUT2D eigenvalue weighted by atomic mass is 16.5. The molecule has 0 aliphatic rings. The van der Waals surface area contributed by atoms with Gasteiger partial charge in [-0.2, -0.15) is 0 Å².